The van der Waals surface area contributed by atoms with Gasteiger partial charge in [-0.2, -0.15) is 0 Å². The van der Waals surface area contributed by atoms with Gasteiger partial charge in [0, 0.05) is 13.1 Å². The maximum Gasteiger partial charge on any atom is 0.307 e. The monoisotopic (exact) mass is 290 g/mol. The summed E-state index contributed by atoms with van der Waals surface area (Å²) in [6.07, 6.45) is 2.56. The molecule has 1 aromatic heterocycles. The van der Waals surface area contributed by atoms with E-state index in [-0.39, 0.29) is 6.42 Å². The van der Waals surface area contributed by atoms with Crippen LogP contribution in [0, 0.1) is 13.8 Å². The Kier molecular flexibility index (Phi) is 3.38. The normalized spacial score (nSPS) is 15.2. The Bertz CT molecular complexity index is 672. The van der Waals surface area contributed by atoms with Crippen molar-refractivity contribution in [3.8, 4) is 0 Å². The van der Waals surface area contributed by atoms with Gasteiger partial charge in [0.25, 0.3) is 0 Å². The molecule has 106 valence electrons. The quantitative estimate of drug-likeness (QED) is 0.943. The fourth-order valence-electron chi connectivity index (χ4n) is 2.88. The van der Waals surface area contributed by atoms with Crippen LogP contribution in [-0.4, -0.2) is 29.1 Å². The first kappa shape index (κ1) is 13.4. The summed E-state index contributed by atoms with van der Waals surface area (Å²) in [7, 11) is 0. The molecule has 0 spiro atoms. The molecular weight excluding hydrogens is 272 g/mol. The number of fused-ring (bicyclic) bond motifs is 1. The van der Waals surface area contributed by atoms with Crippen LogP contribution in [-0.2, 0) is 11.2 Å². The SMILES string of the molecule is Cc1cc2nc(N3CCCC3)sc2c(C)c1CC(=O)O. The number of aromatic nitrogens is 1. The van der Waals surface area contributed by atoms with Crippen LogP contribution in [0.25, 0.3) is 10.2 Å². The molecule has 0 unspecified atom stereocenters. The Morgan fingerprint density at radius 1 is 1.40 bits per heavy atom. The molecule has 0 amide bonds. The molecule has 1 aromatic carbocycles. The van der Waals surface area contributed by atoms with Gasteiger partial charge in [-0.1, -0.05) is 11.3 Å². The molecule has 0 atom stereocenters. The van der Waals surface area contributed by atoms with Crippen molar-refractivity contribution in [2.45, 2.75) is 33.1 Å². The van der Waals surface area contributed by atoms with Crippen molar-refractivity contribution in [1.82, 2.24) is 4.98 Å². The van der Waals surface area contributed by atoms with Gasteiger partial charge in [-0.15, -0.1) is 0 Å². The van der Waals surface area contributed by atoms with E-state index < -0.39 is 5.97 Å². The number of benzene rings is 1. The maximum atomic E-state index is 11.0. The summed E-state index contributed by atoms with van der Waals surface area (Å²) >= 11 is 1.69. The Hall–Kier alpha value is -1.62. The molecule has 0 radical (unpaired) electrons. The minimum Gasteiger partial charge on any atom is -0.481 e. The molecule has 0 aliphatic carbocycles. The Morgan fingerprint density at radius 2 is 2.10 bits per heavy atom. The topological polar surface area (TPSA) is 53.4 Å². The van der Waals surface area contributed by atoms with E-state index in [2.05, 4.69) is 4.90 Å². The molecule has 20 heavy (non-hydrogen) atoms. The predicted octanol–water partition coefficient (Wildman–Crippen LogP) is 3.14. The molecule has 0 bridgehead atoms. The van der Waals surface area contributed by atoms with Crippen molar-refractivity contribution in [2.24, 2.45) is 0 Å². The van der Waals surface area contributed by atoms with Crippen molar-refractivity contribution in [3.63, 3.8) is 0 Å². The van der Waals surface area contributed by atoms with Gasteiger partial charge in [0.05, 0.1) is 16.6 Å². The fraction of sp³-hybridized carbons (Fsp3) is 0.467. The lowest BCUT2D eigenvalue weighted by Crippen LogP contribution is -2.16. The van der Waals surface area contributed by atoms with Crippen LogP contribution in [0.4, 0.5) is 5.13 Å². The molecule has 2 heterocycles. The molecule has 1 saturated heterocycles. The number of carboxylic acid groups (broad SMARTS) is 1. The molecular formula is C15H18N2O2S. The summed E-state index contributed by atoms with van der Waals surface area (Å²) in [6, 6.07) is 2.02. The molecule has 1 aliphatic rings. The van der Waals surface area contributed by atoms with E-state index in [1.807, 2.05) is 19.9 Å². The summed E-state index contributed by atoms with van der Waals surface area (Å²) in [6.45, 7) is 6.15. The molecule has 4 nitrogen and oxygen atoms in total. The van der Waals surface area contributed by atoms with Crippen molar-refractivity contribution < 1.29 is 9.90 Å². The van der Waals surface area contributed by atoms with E-state index in [9.17, 15) is 4.79 Å². The van der Waals surface area contributed by atoms with Crippen molar-refractivity contribution >= 4 is 32.7 Å². The van der Waals surface area contributed by atoms with Crippen LogP contribution in [0.15, 0.2) is 6.07 Å². The highest BCUT2D eigenvalue weighted by atomic mass is 32.1. The van der Waals surface area contributed by atoms with Crippen LogP contribution in [0.3, 0.4) is 0 Å². The second-order valence-corrected chi connectivity index (χ2v) is 6.38. The van der Waals surface area contributed by atoms with Crippen LogP contribution >= 0.6 is 11.3 Å². The number of anilines is 1. The van der Waals surface area contributed by atoms with E-state index in [1.54, 1.807) is 11.3 Å². The van der Waals surface area contributed by atoms with Gasteiger partial charge in [0.1, 0.15) is 0 Å². The summed E-state index contributed by atoms with van der Waals surface area (Å²) in [5, 5.41) is 10.1. The molecule has 1 aliphatic heterocycles. The average Bonchev–Trinajstić information content (AvgIpc) is 3.01. The van der Waals surface area contributed by atoms with Crippen molar-refractivity contribution in [2.75, 3.05) is 18.0 Å². The predicted molar refractivity (Wildman–Crippen MR) is 81.9 cm³/mol. The number of aryl methyl sites for hydroxylation is 2. The first-order valence-electron chi connectivity index (χ1n) is 6.92. The third-order valence-corrected chi connectivity index (χ3v) is 5.22. The van der Waals surface area contributed by atoms with Crippen LogP contribution in [0.1, 0.15) is 29.5 Å². The number of rotatable bonds is 3. The van der Waals surface area contributed by atoms with Crippen LogP contribution in [0.5, 0.6) is 0 Å². The minimum absolute atomic E-state index is 0.0879. The van der Waals surface area contributed by atoms with E-state index in [0.717, 1.165) is 45.1 Å². The van der Waals surface area contributed by atoms with Crippen molar-refractivity contribution in [3.05, 3.63) is 22.8 Å². The highest BCUT2D eigenvalue weighted by Gasteiger charge is 2.19. The first-order valence-corrected chi connectivity index (χ1v) is 7.74. The Labute approximate surface area is 122 Å². The summed E-state index contributed by atoms with van der Waals surface area (Å²) in [5.41, 5.74) is 4.03. The highest BCUT2D eigenvalue weighted by molar-refractivity contribution is 7.22. The third kappa shape index (κ3) is 2.26. The van der Waals surface area contributed by atoms with Crippen LogP contribution < -0.4 is 4.90 Å². The second kappa shape index (κ2) is 5.05. The maximum absolute atomic E-state index is 11.0. The smallest absolute Gasteiger partial charge is 0.307 e. The van der Waals surface area contributed by atoms with E-state index in [0.29, 0.717) is 0 Å². The minimum atomic E-state index is -0.778. The molecule has 2 aromatic rings. The molecule has 5 heteroatoms. The highest BCUT2D eigenvalue weighted by Crippen LogP contribution is 2.35. The summed E-state index contributed by atoms with van der Waals surface area (Å²) < 4.78 is 1.13. The van der Waals surface area contributed by atoms with Gasteiger partial charge in [0.2, 0.25) is 0 Å². The van der Waals surface area contributed by atoms with Crippen LogP contribution in [0.2, 0.25) is 0 Å². The molecule has 0 saturated carbocycles. The summed E-state index contributed by atoms with van der Waals surface area (Å²) in [4.78, 5) is 18.1. The second-order valence-electron chi connectivity index (χ2n) is 5.41. The van der Waals surface area contributed by atoms with Crippen molar-refractivity contribution in [1.29, 1.82) is 0 Å². The Balaban J connectivity index is 2.09. The number of thiazole rings is 1. The molecule has 1 fully saturated rings. The molecule has 1 N–H and O–H groups in total. The van der Waals surface area contributed by atoms with E-state index in [4.69, 9.17) is 10.1 Å². The van der Waals surface area contributed by atoms with E-state index in [1.165, 1.54) is 12.8 Å². The van der Waals surface area contributed by atoms with Gasteiger partial charge >= 0.3 is 5.97 Å². The van der Waals surface area contributed by atoms with Gasteiger partial charge in [-0.3, -0.25) is 4.79 Å². The zero-order valence-corrected chi connectivity index (χ0v) is 12.6. The molecule has 3 rings (SSSR count). The largest absolute Gasteiger partial charge is 0.481 e. The fourth-order valence-corrected chi connectivity index (χ4v) is 4.00. The zero-order chi connectivity index (χ0) is 14.3. The van der Waals surface area contributed by atoms with Gasteiger partial charge in [0.15, 0.2) is 5.13 Å². The number of aliphatic carboxylic acids is 1. The van der Waals surface area contributed by atoms with Gasteiger partial charge < -0.3 is 10.0 Å². The Morgan fingerprint density at radius 3 is 2.75 bits per heavy atom. The number of hydrogen-bond acceptors (Lipinski definition) is 4. The number of hydrogen-bond donors (Lipinski definition) is 1. The number of nitrogens with zero attached hydrogens (tertiary/aromatic N) is 2. The van der Waals surface area contributed by atoms with Gasteiger partial charge in [-0.05, 0) is 49.4 Å². The zero-order valence-electron chi connectivity index (χ0n) is 11.8. The number of carboxylic acids is 1. The number of carbonyl (C=O) groups is 1. The summed E-state index contributed by atoms with van der Waals surface area (Å²) in [5.74, 6) is -0.778. The van der Waals surface area contributed by atoms with E-state index >= 15 is 0 Å². The lowest BCUT2D eigenvalue weighted by Gasteiger charge is -2.11. The first-order chi connectivity index (χ1) is 9.56. The van der Waals surface area contributed by atoms with Gasteiger partial charge in [-0.25, -0.2) is 4.98 Å². The standard InChI is InChI=1S/C15H18N2O2S/c1-9-7-12-14(10(2)11(9)8-13(18)19)20-15(16-12)17-5-3-4-6-17/h7H,3-6,8H2,1-2H3,(H,18,19). The third-order valence-electron chi connectivity index (χ3n) is 3.97. The average molecular weight is 290 g/mol. The lowest BCUT2D eigenvalue weighted by atomic mass is 9.99. The lowest BCUT2D eigenvalue weighted by molar-refractivity contribution is -0.136.